The molecule has 4 heteroatoms. The number of hydrogen-bond donors (Lipinski definition) is 2. The van der Waals surface area contributed by atoms with Crippen molar-refractivity contribution < 1.29 is 10.2 Å². The van der Waals surface area contributed by atoms with E-state index < -0.39 is 0 Å². The minimum Gasteiger partial charge on any atom is -0.396 e. The molecule has 0 radical (unpaired) electrons. The molecule has 0 amide bonds. The van der Waals surface area contributed by atoms with Crippen molar-refractivity contribution in [2.75, 3.05) is 19.0 Å². The number of halogens is 1. The minimum atomic E-state index is 0.165. The van der Waals surface area contributed by atoms with E-state index in [1.165, 1.54) is 0 Å². The van der Waals surface area contributed by atoms with Crippen LogP contribution in [0.2, 0.25) is 0 Å². The van der Waals surface area contributed by atoms with E-state index >= 15 is 0 Å². The summed E-state index contributed by atoms with van der Waals surface area (Å²) in [5.41, 5.74) is 1.13. The van der Waals surface area contributed by atoms with Gasteiger partial charge in [-0.2, -0.15) is 0 Å². The summed E-state index contributed by atoms with van der Waals surface area (Å²) in [6.45, 7) is 0.331. The van der Waals surface area contributed by atoms with Crippen molar-refractivity contribution in [3.8, 4) is 0 Å². The third-order valence-electron chi connectivity index (χ3n) is 1.30. The van der Waals surface area contributed by atoms with Crippen LogP contribution < -0.4 is 0 Å². The quantitative estimate of drug-likeness (QED) is 0.695. The summed E-state index contributed by atoms with van der Waals surface area (Å²) in [7, 11) is 1.55. The van der Waals surface area contributed by atoms with E-state index in [1.54, 1.807) is 10.2 Å². The third-order valence-corrected chi connectivity index (χ3v) is 2.39. The van der Waals surface area contributed by atoms with Gasteiger partial charge in [0.05, 0.1) is 0 Å². The first kappa shape index (κ1) is 11.5. The van der Waals surface area contributed by atoms with Crippen molar-refractivity contribution in [2.24, 2.45) is 0 Å². The van der Waals surface area contributed by atoms with E-state index in [1.807, 2.05) is 6.08 Å². The molecule has 0 saturated heterocycles. The zero-order valence-corrected chi connectivity index (χ0v) is 8.70. The summed E-state index contributed by atoms with van der Waals surface area (Å²) in [4.78, 5) is 0. The molecule has 2 N–H and O–H groups in total. The van der Waals surface area contributed by atoms with Gasteiger partial charge in [0.15, 0.2) is 0 Å². The van der Waals surface area contributed by atoms with Crippen molar-refractivity contribution in [3.05, 3.63) is 11.6 Å². The van der Waals surface area contributed by atoms with E-state index in [2.05, 4.69) is 14.8 Å². The van der Waals surface area contributed by atoms with Crippen LogP contribution in [-0.4, -0.2) is 29.2 Å². The molecule has 0 aromatic carbocycles. The predicted molar refractivity (Wildman–Crippen MR) is 52.9 cm³/mol. The van der Waals surface area contributed by atoms with Gasteiger partial charge < -0.3 is 10.2 Å². The highest BCUT2D eigenvalue weighted by Gasteiger charge is 1.94. The fraction of sp³-hybridized carbons (Fsp3) is 0.714. The molecule has 0 saturated carbocycles. The molecule has 0 aliphatic carbocycles. The number of hydrogen-bond acceptors (Lipinski definition) is 3. The molecule has 0 aromatic rings. The Morgan fingerprint density at radius 2 is 1.82 bits per heavy atom. The van der Waals surface area contributed by atoms with Crippen LogP contribution in [-0.2, 0) is 0 Å². The van der Waals surface area contributed by atoms with Gasteiger partial charge in [0.2, 0.25) is 0 Å². The van der Waals surface area contributed by atoms with Crippen molar-refractivity contribution in [2.45, 2.75) is 12.8 Å². The monoisotopic (exact) mass is 240 g/mol. The summed E-state index contributed by atoms with van der Waals surface area (Å²) >= 11 is 3.23. The molecule has 0 atom stereocenters. The second-order valence-electron chi connectivity index (χ2n) is 2.09. The molecule has 0 spiro atoms. The van der Waals surface area contributed by atoms with Crippen molar-refractivity contribution in [3.63, 3.8) is 0 Å². The Morgan fingerprint density at radius 3 is 2.18 bits per heavy atom. The molecule has 0 unspecified atom stereocenters. The number of aliphatic hydroxyl groups is 2. The van der Waals surface area contributed by atoms with Gasteiger partial charge in [-0.3, -0.25) is 0 Å². The SMILES string of the molecule is OCCC(=CCSBr)CCO. The lowest BCUT2D eigenvalue weighted by molar-refractivity contribution is 0.280. The van der Waals surface area contributed by atoms with E-state index in [0.717, 1.165) is 11.3 Å². The van der Waals surface area contributed by atoms with E-state index in [-0.39, 0.29) is 13.2 Å². The van der Waals surface area contributed by atoms with Crippen LogP contribution in [0.4, 0.5) is 0 Å². The van der Waals surface area contributed by atoms with Crippen molar-refractivity contribution in [1.82, 2.24) is 0 Å². The molecular weight excluding hydrogens is 228 g/mol. The fourth-order valence-electron chi connectivity index (χ4n) is 0.766. The summed E-state index contributed by atoms with van der Waals surface area (Å²) in [6.07, 6.45) is 3.38. The zero-order valence-electron chi connectivity index (χ0n) is 6.29. The smallest absolute Gasteiger partial charge is 0.0468 e. The molecule has 0 rings (SSSR count). The van der Waals surface area contributed by atoms with Gasteiger partial charge in [0.1, 0.15) is 0 Å². The van der Waals surface area contributed by atoms with E-state index in [9.17, 15) is 0 Å². The normalized spacial score (nSPS) is 9.73. The third kappa shape index (κ3) is 6.87. The van der Waals surface area contributed by atoms with E-state index in [0.29, 0.717) is 12.8 Å². The zero-order chi connectivity index (χ0) is 8.53. The highest BCUT2D eigenvalue weighted by atomic mass is 79.9. The second-order valence-corrected chi connectivity index (χ2v) is 4.01. The van der Waals surface area contributed by atoms with Crippen molar-refractivity contribution >= 4 is 25.0 Å². The van der Waals surface area contributed by atoms with Gasteiger partial charge >= 0.3 is 0 Å². The lowest BCUT2D eigenvalue weighted by Crippen LogP contribution is -1.93. The van der Waals surface area contributed by atoms with Gasteiger partial charge in [-0.15, -0.1) is 0 Å². The minimum absolute atomic E-state index is 0.165. The summed E-state index contributed by atoms with van der Waals surface area (Å²) in [6, 6.07) is 0. The summed E-state index contributed by atoms with van der Waals surface area (Å²) in [5.74, 6) is 0.884. The van der Waals surface area contributed by atoms with Crippen molar-refractivity contribution in [1.29, 1.82) is 0 Å². The first-order valence-corrected chi connectivity index (χ1v) is 6.31. The summed E-state index contributed by atoms with van der Waals surface area (Å²) in [5, 5.41) is 17.2. The van der Waals surface area contributed by atoms with E-state index in [4.69, 9.17) is 10.2 Å². The van der Waals surface area contributed by atoms with Crippen LogP contribution in [0.3, 0.4) is 0 Å². The largest absolute Gasteiger partial charge is 0.396 e. The molecule has 11 heavy (non-hydrogen) atoms. The Balaban J connectivity index is 3.66. The molecule has 2 nitrogen and oxygen atoms in total. The molecule has 0 heterocycles. The standard InChI is InChI=1S/C7H13BrO2S/c8-11-6-3-7(1-4-9)2-5-10/h3,9-10H,1-2,4-6H2. The number of rotatable bonds is 6. The molecule has 66 valence electrons. The van der Waals surface area contributed by atoms with Crippen LogP contribution in [0.5, 0.6) is 0 Å². The van der Waals surface area contributed by atoms with Gasteiger partial charge in [-0.1, -0.05) is 21.8 Å². The first-order chi connectivity index (χ1) is 5.35. The molecule has 0 aliphatic rings. The maximum Gasteiger partial charge on any atom is 0.0468 e. The van der Waals surface area contributed by atoms with Gasteiger partial charge in [-0.25, -0.2) is 0 Å². The van der Waals surface area contributed by atoms with Crippen LogP contribution in [0.1, 0.15) is 12.8 Å². The lowest BCUT2D eigenvalue weighted by atomic mass is 10.1. The number of aliphatic hydroxyl groups excluding tert-OH is 2. The lowest BCUT2D eigenvalue weighted by Gasteiger charge is -2.01. The topological polar surface area (TPSA) is 40.5 Å². The predicted octanol–water partition coefficient (Wildman–Crippen LogP) is 1.72. The average Bonchev–Trinajstić information content (AvgIpc) is 2.01. The van der Waals surface area contributed by atoms with Crippen LogP contribution in [0.15, 0.2) is 11.6 Å². The molecule has 0 bridgehead atoms. The maximum atomic E-state index is 8.62. The van der Waals surface area contributed by atoms with Crippen LogP contribution in [0, 0.1) is 0 Å². The fourth-order valence-corrected chi connectivity index (χ4v) is 1.46. The Morgan fingerprint density at radius 1 is 1.27 bits per heavy atom. The maximum absolute atomic E-state index is 8.62. The molecule has 0 fully saturated rings. The highest BCUT2D eigenvalue weighted by Crippen LogP contribution is 2.13. The van der Waals surface area contributed by atoms with Gasteiger partial charge in [0, 0.05) is 19.0 Å². The summed E-state index contributed by atoms with van der Waals surface area (Å²) < 4.78 is 0. The Hall–Kier alpha value is 0.490. The highest BCUT2D eigenvalue weighted by molar-refractivity contribution is 9.50. The second kappa shape index (κ2) is 8.59. The van der Waals surface area contributed by atoms with Crippen LogP contribution in [0.25, 0.3) is 0 Å². The first-order valence-electron chi connectivity index (χ1n) is 3.48. The van der Waals surface area contributed by atoms with Gasteiger partial charge in [0.25, 0.3) is 0 Å². The molecule has 0 aromatic heterocycles. The van der Waals surface area contributed by atoms with Crippen LogP contribution >= 0.6 is 25.0 Å². The molecule has 0 aliphatic heterocycles. The van der Waals surface area contributed by atoms with Gasteiger partial charge in [-0.05, 0) is 27.7 Å². The average molecular weight is 241 g/mol. The Bertz CT molecular complexity index is 109. The Labute approximate surface area is 78.9 Å². The molecular formula is C7H13BrO2S. The Kier molecular flexibility index (Phi) is 8.97.